The van der Waals surface area contributed by atoms with E-state index in [2.05, 4.69) is 17.1 Å². The first-order valence-electron chi connectivity index (χ1n) is 7.66. The molecule has 0 aliphatic carbocycles. The number of nitrogens with zero attached hydrogens (tertiary/aromatic N) is 1. The first kappa shape index (κ1) is 14.3. The molecule has 0 aromatic rings. The summed E-state index contributed by atoms with van der Waals surface area (Å²) in [5, 5.41) is 3.48. The van der Waals surface area contributed by atoms with E-state index >= 15 is 0 Å². The molecule has 18 heavy (non-hydrogen) atoms. The Morgan fingerprint density at radius 1 is 1.22 bits per heavy atom. The second-order valence-corrected chi connectivity index (χ2v) is 6.50. The Hall–Kier alpha value is -0.120. The highest BCUT2D eigenvalue weighted by Gasteiger charge is 2.34. The molecule has 106 valence electrons. The van der Waals surface area contributed by atoms with Crippen molar-refractivity contribution in [3.8, 4) is 0 Å². The summed E-state index contributed by atoms with van der Waals surface area (Å²) in [6.45, 7) is 9.49. The number of ether oxygens (including phenoxy) is 1. The van der Waals surface area contributed by atoms with E-state index in [-0.39, 0.29) is 0 Å². The lowest BCUT2D eigenvalue weighted by molar-refractivity contribution is 0.0230. The Kier molecular flexibility index (Phi) is 5.46. The molecule has 0 bridgehead atoms. The van der Waals surface area contributed by atoms with Crippen LogP contribution in [0, 0.1) is 11.3 Å². The number of hydrogen-bond donors (Lipinski definition) is 1. The van der Waals surface area contributed by atoms with Crippen LogP contribution in [0.4, 0.5) is 0 Å². The standard InChI is InChI=1S/C15H30N2O/c1-14-4-3-10-17(11-5-14)12-15(13-18-2)6-8-16-9-7-15/h14,16H,3-13H2,1-2H3. The Balaban J connectivity index is 1.90. The first-order chi connectivity index (χ1) is 8.74. The molecule has 3 heteroatoms. The van der Waals surface area contributed by atoms with Gasteiger partial charge in [-0.2, -0.15) is 0 Å². The molecule has 2 saturated heterocycles. The molecular formula is C15H30N2O. The number of methoxy groups -OCH3 is 1. The average Bonchev–Trinajstić information content (AvgIpc) is 2.56. The molecule has 0 radical (unpaired) electrons. The maximum Gasteiger partial charge on any atom is 0.0531 e. The zero-order valence-electron chi connectivity index (χ0n) is 12.2. The van der Waals surface area contributed by atoms with E-state index in [4.69, 9.17) is 4.74 Å². The summed E-state index contributed by atoms with van der Waals surface area (Å²) in [4.78, 5) is 2.70. The summed E-state index contributed by atoms with van der Waals surface area (Å²) in [7, 11) is 1.86. The van der Waals surface area contributed by atoms with Crippen molar-refractivity contribution in [2.75, 3.05) is 46.4 Å². The molecule has 2 heterocycles. The maximum atomic E-state index is 5.52. The monoisotopic (exact) mass is 254 g/mol. The molecule has 0 saturated carbocycles. The summed E-state index contributed by atoms with van der Waals surface area (Å²) in [5.41, 5.74) is 0.410. The Labute approximate surface area is 112 Å². The van der Waals surface area contributed by atoms with Crippen LogP contribution in [0.5, 0.6) is 0 Å². The third-order valence-corrected chi connectivity index (χ3v) is 4.78. The smallest absolute Gasteiger partial charge is 0.0531 e. The molecule has 1 unspecified atom stereocenters. The van der Waals surface area contributed by atoms with Gasteiger partial charge in [0.25, 0.3) is 0 Å². The van der Waals surface area contributed by atoms with Gasteiger partial charge in [-0.3, -0.25) is 0 Å². The average molecular weight is 254 g/mol. The van der Waals surface area contributed by atoms with Crippen LogP contribution >= 0.6 is 0 Å². The highest BCUT2D eigenvalue weighted by atomic mass is 16.5. The molecule has 2 fully saturated rings. The molecule has 3 nitrogen and oxygen atoms in total. The van der Waals surface area contributed by atoms with Crippen molar-refractivity contribution in [3.63, 3.8) is 0 Å². The topological polar surface area (TPSA) is 24.5 Å². The fourth-order valence-electron chi connectivity index (χ4n) is 3.57. The van der Waals surface area contributed by atoms with Crippen LogP contribution in [0.15, 0.2) is 0 Å². The van der Waals surface area contributed by atoms with Crippen LogP contribution in [0.25, 0.3) is 0 Å². The quantitative estimate of drug-likeness (QED) is 0.832. The molecule has 0 amide bonds. The van der Waals surface area contributed by atoms with E-state index in [1.165, 1.54) is 51.7 Å². The van der Waals surface area contributed by atoms with Crippen LogP contribution < -0.4 is 5.32 Å². The molecule has 2 aliphatic heterocycles. The van der Waals surface area contributed by atoms with Gasteiger partial charge in [0.15, 0.2) is 0 Å². The van der Waals surface area contributed by atoms with Crippen LogP contribution in [0.3, 0.4) is 0 Å². The SMILES string of the molecule is COCC1(CN2CCCC(C)CC2)CCNCC1. The second-order valence-electron chi connectivity index (χ2n) is 6.50. The Morgan fingerprint density at radius 3 is 2.72 bits per heavy atom. The molecule has 1 atom stereocenters. The summed E-state index contributed by atoms with van der Waals surface area (Å²) in [6, 6.07) is 0. The lowest BCUT2D eigenvalue weighted by Crippen LogP contribution is -2.47. The van der Waals surface area contributed by atoms with Crippen molar-refractivity contribution in [2.45, 2.75) is 39.0 Å². The zero-order valence-corrected chi connectivity index (χ0v) is 12.2. The van der Waals surface area contributed by atoms with Crippen LogP contribution in [0.1, 0.15) is 39.0 Å². The first-order valence-corrected chi connectivity index (χ1v) is 7.66. The lowest BCUT2D eigenvalue weighted by atomic mass is 9.79. The predicted octanol–water partition coefficient (Wildman–Crippen LogP) is 2.12. The third kappa shape index (κ3) is 3.94. The van der Waals surface area contributed by atoms with E-state index in [0.29, 0.717) is 5.41 Å². The largest absolute Gasteiger partial charge is 0.384 e. The minimum absolute atomic E-state index is 0.410. The van der Waals surface area contributed by atoms with Gasteiger partial charge in [-0.1, -0.05) is 6.92 Å². The van der Waals surface area contributed by atoms with Gasteiger partial charge in [-0.15, -0.1) is 0 Å². The van der Waals surface area contributed by atoms with E-state index in [0.717, 1.165) is 25.6 Å². The molecule has 0 aromatic heterocycles. The predicted molar refractivity (Wildman–Crippen MR) is 75.9 cm³/mol. The molecule has 0 spiro atoms. The van der Waals surface area contributed by atoms with Crippen LogP contribution in [-0.4, -0.2) is 51.3 Å². The highest BCUT2D eigenvalue weighted by molar-refractivity contribution is 4.88. The number of likely N-dealkylation sites (tertiary alicyclic amines) is 1. The van der Waals surface area contributed by atoms with E-state index in [1.54, 1.807) is 0 Å². The van der Waals surface area contributed by atoms with Crippen molar-refractivity contribution in [2.24, 2.45) is 11.3 Å². The van der Waals surface area contributed by atoms with Gasteiger partial charge in [0.05, 0.1) is 6.61 Å². The molecule has 0 aromatic carbocycles. The minimum atomic E-state index is 0.410. The van der Waals surface area contributed by atoms with E-state index in [1.807, 2.05) is 7.11 Å². The Bertz CT molecular complexity index is 233. The zero-order chi connectivity index (χ0) is 12.8. The van der Waals surface area contributed by atoms with E-state index in [9.17, 15) is 0 Å². The van der Waals surface area contributed by atoms with Crippen molar-refractivity contribution >= 4 is 0 Å². The van der Waals surface area contributed by atoms with E-state index < -0.39 is 0 Å². The third-order valence-electron chi connectivity index (χ3n) is 4.78. The van der Waals surface area contributed by atoms with Gasteiger partial charge >= 0.3 is 0 Å². The van der Waals surface area contributed by atoms with Crippen molar-refractivity contribution in [1.29, 1.82) is 0 Å². The van der Waals surface area contributed by atoms with Crippen LogP contribution in [-0.2, 0) is 4.74 Å². The van der Waals surface area contributed by atoms with Crippen LogP contribution in [0.2, 0.25) is 0 Å². The summed E-state index contributed by atoms with van der Waals surface area (Å²) >= 11 is 0. The second kappa shape index (κ2) is 6.88. The van der Waals surface area contributed by atoms with Gasteiger partial charge in [0.1, 0.15) is 0 Å². The molecule has 2 aliphatic rings. The van der Waals surface area contributed by atoms with Crippen molar-refractivity contribution < 1.29 is 4.74 Å². The van der Waals surface area contributed by atoms with Crippen molar-refractivity contribution in [3.05, 3.63) is 0 Å². The van der Waals surface area contributed by atoms with Gasteiger partial charge < -0.3 is 15.0 Å². The fourth-order valence-corrected chi connectivity index (χ4v) is 3.57. The Morgan fingerprint density at radius 2 is 2.00 bits per heavy atom. The summed E-state index contributed by atoms with van der Waals surface area (Å²) in [5.74, 6) is 0.918. The summed E-state index contributed by atoms with van der Waals surface area (Å²) < 4.78 is 5.52. The van der Waals surface area contributed by atoms with Gasteiger partial charge in [0, 0.05) is 19.1 Å². The molecule has 2 rings (SSSR count). The number of hydrogen-bond acceptors (Lipinski definition) is 3. The molecule has 1 N–H and O–H groups in total. The summed E-state index contributed by atoms with van der Waals surface area (Å²) in [6.07, 6.45) is 6.71. The maximum absolute atomic E-state index is 5.52. The molecular weight excluding hydrogens is 224 g/mol. The lowest BCUT2D eigenvalue weighted by Gasteiger charge is -2.40. The number of piperidine rings is 1. The number of nitrogens with one attached hydrogen (secondary N) is 1. The van der Waals surface area contributed by atoms with Gasteiger partial charge in [-0.25, -0.2) is 0 Å². The van der Waals surface area contributed by atoms with Crippen molar-refractivity contribution in [1.82, 2.24) is 10.2 Å². The normalized spacial score (nSPS) is 30.0. The number of rotatable bonds is 4. The fraction of sp³-hybridized carbons (Fsp3) is 1.00. The van der Waals surface area contributed by atoms with Gasteiger partial charge in [0.2, 0.25) is 0 Å². The van der Waals surface area contributed by atoms with Gasteiger partial charge in [-0.05, 0) is 64.2 Å². The highest BCUT2D eigenvalue weighted by Crippen LogP contribution is 2.31. The minimum Gasteiger partial charge on any atom is -0.384 e.